The first-order valence-electron chi connectivity index (χ1n) is 7.31. The molecule has 0 saturated heterocycles. The van der Waals surface area contributed by atoms with Crippen molar-refractivity contribution in [1.29, 1.82) is 0 Å². The van der Waals surface area contributed by atoms with Gasteiger partial charge in [0, 0.05) is 6.54 Å². The Hall–Kier alpha value is -2.57. The zero-order valence-electron chi connectivity index (χ0n) is 13.7. The fourth-order valence-corrected chi connectivity index (χ4v) is 2.51. The summed E-state index contributed by atoms with van der Waals surface area (Å²) in [5.41, 5.74) is 0.674. The van der Waals surface area contributed by atoms with Crippen LogP contribution in [0.4, 0.5) is 0 Å². The minimum Gasteiger partial charge on any atom is -0.496 e. The Labute approximate surface area is 133 Å². The van der Waals surface area contributed by atoms with E-state index in [-0.39, 0.29) is 18.9 Å². The first-order valence-corrected chi connectivity index (χ1v) is 7.31. The first-order chi connectivity index (χ1) is 11.0. The molecule has 0 bridgehead atoms. The van der Waals surface area contributed by atoms with Crippen molar-refractivity contribution >= 4 is 16.9 Å². The summed E-state index contributed by atoms with van der Waals surface area (Å²) in [6, 6.07) is 3.48. The summed E-state index contributed by atoms with van der Waals surface area (Å²) in [5.74, 6) is 0.748. The van der Waals surface area contributed by atoms with Gasteiger partial charge in [0.15, 0.2) is 0 Å². The predicted octanol–water partition coefficient (Wildman–Crippen LogP) is 1.68. The van der Waals surface area contributed by atoms with Crippen LogP contribution in [0.15, 0.2) is 16.9 Å². The molecule has 7 heteroatoms. The number of nitrogens with zero attached hydrogens (tertiary/aromatic N) is 2. The highest BCUT2D eigenvalue weighted by Crippen LogP contribution is 2.33. The summed E-state index contributed by atoms with van der Waals surface area (Å²) >= 11 is 0. The maximum atomic E-state index is 12.3. The second-order valence-electron chi connectivity index (χ2n) is 4.88. The lowest BCUT2D eigenvalue weighted by Gasteiger charge is -2.16. The van der Waals surface area contributed by atoms with Gasteiger partial charge in [0.2, 0.25) is 0 Å². The van der Waals surface area contributed by atoms with E-state index < -0.39 is 5.69 Å². The molecule has 0 saturated carbocycles. The summed E-state index contributed by atoms with van der Waals surface area (Å²) in [6.07, 6.45) is 0.0773. The van der Waals surface area contributed by atoms with Gasteiger partial charge in [-0.1, -0.05) is 0 Å². The number of esters is 1. The molecular formula is C16H20N2O5. The standard InChI is InChI=1S/C16H20N2O5/c1-5-23-13(19)8-9-18-15-12(22-4)7-6-11(21-3)14(15)10(2)17-16(18)20/h6-7H,5,8-9H2,1-4H3. The molecule has 0 radical (unpaired) electrons. The molecule has 0 aliphatic rings. The number of fused-ring (bicyclic) bond motifs is 1. The van der Waals surface area contributed by atoms with Crippen molar-refractivity contribution in [2.75, 3.05) is 20.8 Å². The topological polar surface area (TPSA) is 79.7 Å². The number of hydrogen-bond acceptors (Lipinski definition) is 6. The van der Waals surface area contributed by atoms with Crippen LogP contribution in [0.1, 0.15) is 19.0 Å². The second-order valence-corrected chi connectivity index (χ2v) is 4.88. The molecule has 1 aromatic heterocycles. The minimum atomic E-state index is -0.439. The summed E-state index contributed by atoms with van der Waals surface area (Å²) < 4.78 is 17.1. The highest BCUT2D eigenvalue weighted by Gasteiger charge is 2.17. The maximum Gasteiger partial charge on any atom is 0.348 e. The van der Waals surface area contributed by atoms with Crippen LogP contribution in [0.25, 0.3) is 10.9 Å². The Kier molecular flexibility index (Phi) is 5.20. The van der Waals surface area contributed by atoms with Crippen LogP contribution in [-0.2, 0) is 16.1 Å². The van der Waals surface area contributed by atoms with Crippen molar-refractivity contribution in [1.82, 2.24) is 9.55 Å². The van der Waals surface area contributed by atoms with Gasteiger partial charge < -0.3 is 14.2 Å². The third-order valence-corrected chi connectivity index (χ3v) is 3.51. The van der Waals surface area contributed by atoms with Gasteiger partial charge in [0.05, 0.1) is 38.3 Å². The highest BCUT2D eigenvalue weighted by molar-refractivity contribution is 5.92. The summed E-state index contributed by atoms with van der Waals surface area (Å²) in [4.78, 5) is 27.9. The molecule has 0 aliphatic heterocycles. The van der Waals surface area contributed by atoms with Crippen LogP contribution in [0.2, 0.25) is 0 Å². The molecule has 0 unspecified atom stereocenters. The van der Waals surface area contributed by atoms with E-state index in [4.69, 9.17) is 14.2 Å². The van der Waals surface area contributed by atoms with E-state index in [1.165, 1.54) is 11.7 Å². The average Bonchev–Trinajstić information content (AvgIpc) is 2.53. The first kappa shape index (κ1) is 16.8. The van der Waals surface area contributed by atoms with Crippen LogP contribution < -0.4 is 15.2 Å². The number of rotatable bonds is 6. The number of aryl methyl sites for hydroxylation is 2. The lowest BCUT2D eigenvalue weighted by molar-refractivity contribution is -0.143. The van der Waals surface area contributed by atoms with Gasteiger partial charge in [-0.25, -0.2) is 4.79 Å². The SMILES string of the molecule is CCOC(=O)CCn1c(=O)nc(C)c2c(OC)ccc(OC)c21. The maximum absolute atomic E-state index is 12.3. The lowest BCUT2D eigenvalue weighted by atomic mass is 10.1. The molecule has 2 rings (SSSR count). The minimum absolute atomic E-state index is 0.0773. The zero-order chi connectivity index (χ0) is 17.0. The van der Waals surface area contributed by atoms with Crippen molar-refractivity contribution in [2.24, 2.45) is 0 Å². The van der Waals surface area contributed by atoms with Gasteiger partial charge in [-0.2, -0.15) is 4.98 Å². The van der Waals surface area contributed by atoms with Crippen LogP contribution >= 0.6 is 0 Å². The monoisotopic (exact) mass is 320 g/mol. The molecule has 1 aromatic carbocycles. The van der Waals surface area contributed by atoms with E-state index in [2.05, 4.69) is 4.98 Å². The number of hydrogen-bond donors (Lipinski definition) is 0. The Balaban J connectivity index is 2.63. The fraction of sp³-hybridized carbons (Fsp3) is 0.438. The van der Waals surface area contributed by atoms with Gasteiger partial charge in [0.25, 0.3) is 0 Å². The number of aromatic nitrogens is 2. The summed E-state index contributed by atoms with van der Waals surface area (Å²) in [6.45, 7) is 3.94. The summed E-state index contributed by atoms with van der Waals surface area (Å²) in [5, 5.41) is 0.690. The Morgan fingerprint density at radius 1 is 1.22 bits per heavy atom. The quantitative estimate of drug-likeness (QED) is 0.753. The van der Waals surface area contributed by atoms with Crippen molar-refractivity contribution in [3.63, 3.8) is 0 Å². The van der Waals surface area contributed by atoms with Gasteiger partial charge in [-0.05, 0) is 26.0 Å². The molecule has 0 aliphatic carbocycles. The lowest BCUT2D eigenvalue weighted by Crippen LogP contribution is -2.26. The molecular weight excluding hydrogens is 300 g/mol. The van der Waals surface area contributed by atoms with E-state index in [1.54, 1.807) is 33.1 Å². The molecule has 0 N–H and O–H groups in total. The Morgan fingerprint density at radius 2 is 1.87 bits per heavy atom. The van der Waals surface area contributed by atoms with Gasteiger partial charge in [-0.15, -0.1) is 0 Å². The number of ether oxygens (including phenoxy) is 3. The zero-order valence-corrected chi connectivity index (χ0v) is 13.7. The third-order valence-electron chi connectivity index (χ3n) is 3.51. The van der Waals surface area contributed by atoms with E-state index >= 15 is 0 Å². The molecule has 1 heterocycles. The highest BCUT2D eigenvalue weighted by atomic mass is 16.5. The fourth-order valence-electron chi connectivity index (χ4n) is 2.51. The number of carbonyl (C=O) groups is 1. The van der Waals surface area contributed by atoms with Crippen molar-refractivity contribution in [3.8, 4) is 11.5 Å². The van der Waals surface area contributed by atoms with Gasteiger partial charge >= 0.3 is 11.7 Å². The number of methoxy groups -OCH3 is 2. The third kappa shape index (κ3) is 3.28. The second kappa shape index (κ2) is 7.13. The van der Waals surface area contributed by atoms with Gasteiger partial charge in [-0.3, -0.25) is 9.36 Å². The molecule has 7 nitrogen and oxygen atoms in total. The molecule has 124 valence electrons. The molecule has 23 heavy (non-hydrogen) atoms. The van der Waals surface area contributed by atoms with Crippen molar-refractivity contribution in [3.05, 3.63) is 28.3 Å². The normalized spacial score (nSPS) is 10.6. The molecule has 0 amide bonds. The van der Waals surface area contributed by atoms with Gasteiger partial charge in [0.1, 0.15) is 17.0 Å². The Morgan fingerprint density at radius 3 is 2.48 bits per heavy atom. The Bertz CT molecular complexity index is 782. The van der Waals surface area contributed by atoms with Crippen molar-refractivity contribution < 1.29 is 19.0 Å². The van der Waals surface area contributed by atoms with Crippen LogP contribution in [0.5, 0.6) is 11.5 Å². The number of carbonyl (C=O) groups excluding carboxylic acids is 1. The van der Waals surface area contributed by atoms with E-state index in [0.29, 0.717) is 34.7 Å². The van der Waals surface area contributed by atoms with Crippen LogP contribution in [0, 0.1) is 6.92 Å². The van der Waals surface area contributed by atoms with E-state index in [0.717, 1.165) is 0 Å². The molecule has 2 aromatic rings. The summed E-state index contributed by atoms with van der Waals surface area (Å²) in [7, 11) is 3.08. The number of benzene rings is 1. The molecule has 0 atom stereocenters. The molecule has 0 spiro atoms. The largest absolute Gasteiger partial charge is 0.496 e. The van der Waals surface area contributed by atoms with Crippen LogP contribution in [0.3, 0.4) is 0 Å². The molecule has 0 fully saturated rings. The van der Waals surface area contributed by atoms with Crippen LogP contribution in [-0.4, -0.2) is 36.3 Å². The predicted molar refractivity (Wildman–Crippen MR) is 85.1 cm³/mol. The van der Waals surface area contributed by atoms with E-state index in [9.17, 15) is 9.59 Å². The average molecular weight is 320 g/mol. The smallest absolute Gasteiger partial charge is 0.348 e. The van der Waals surface area contributed by atoms with E-state index in [1.807, 2.05) is 0 Å². The van der Waals surface area contributed by atoms with Crippen molar-refractivity contribution in [2.45, 2.75) is 26.8 Å².